The molecule has 0 spiro atoms. The minimum Gasteiger partial charge on any atom is -0.388 e. The molecule has 8 nitrogen and oxygen atoms in total. The number of aromatic nitrogens is 2. The van der Waals surface area contributed by atoms with E-state index < -0.39 is 36.1 Å². The van der Waals surface area contributed by atoms with Crippen molar-refractivity contribution in [3.05, 3.63) is 22.7 Å². The summed E-state index contributed by atoms with van der Waals surface area (Å²) in [5, 5.41) is 22.1. The van der Waals surface area contributed by atoms with Gasteiger partial charge in [-0.1, -0.05) is 5.92 Å². The van der Waals surface area contributed by atoms with Gasteiger partial charge >= 0.3 is 11.6 Å². The van der Waals surface area contributed by atoms with Crippen LogP contribution in [-0.4, -0.2) is 44.0 Å². The van der Waals surface area contributed by atoms with Crippen molar-refractivity contribution in [3.8, 4) is 118 Å². The molecule has 8 heteroatoms. The monoisotopic (exact) mass is 509 g/mol. The van der Waals surface area contributed by atoms with E-state index in [2.05, 4.69) is 129 Å². The number of aliphatic hydroxyl groups excluding tert-OH is 2. The van der Waals surface area contributed by atoms with Gasteiger partial charge in [0.2, 0.25) is 0 Å². The fraction of sp³-hybridized carbons (Fsp3) is 0.194. The van der Waals surface area contributed by atoms with Gasteiger partial charge in [0.25, 0.3) is 0 Å². The molecule has 3 N–H and O–H groups in total. The highest BCUT2D eigenvalue weighted by molar-refractivity contribution is 6.03. The Bertz CT molecular complexity index is 1840. The molecule has 184 valence electrons. The van der Waals surface area contributed by atoms with Crippen LogP contribution in [0.1, 0.15) is 20.1 Å². The zero-order chi connectivity index (χ0) is 28.3. The highest BCUT2D eigenvalue weighted by Gasteiger charge is 2.41. The molecular formula is C31H15N3O5. The lowest BCUT2D eigenvalue weighted by Crippen LogP contribution is -2.35. The van der Waals surface area contributed by atoms with Gasteiger partial charge in [-0.3, -0.25) is 14.7 Å². The summed E-state index contributed by atoms with van der Waals surface area (Å²) < 4.78 is 6.39. The summed E-state index contributed by atoms with van der Waals surface area (Å²) >= 11 is 0. The number of carbonyl (C=O) groups excluding carboxylic acids is 1. The molecule has 0 saturated carbocycles. The lowest BCUT2D eigenvalue weighted by molar-refractivity contribution is -0.111. The van der Waals surface area contributed by atoms with Gasteiger partial charge in [-0.05, 0) is 115 Å². The number of rotatable bonds is 2. The Kier molecular flexibility index (Phi) is 12.3. The van der Waals surface area contributed by atoms with E-state index in [0.29, 0.717) is 0 Å². The van der Waals surface area contributed by atoms with Crippen LogP contribution in [0.2, 0.25) is 0 Å². The first-order valence-corrected chi connectivity index (χ1v) is 10.8. The van der Waals surface area contributed by atoms with Gasteiger partial charge in [-0.25, -0.2) is 4.79 Å². The van der Waals surface area contributed by atoms with Crippen molar-refractivity contribution in [1.29, 1.82) is 0 Å². The fourth-order valence-electron chi connectivity index (χ4n) is 2.53. The normalized spacial score (nSPS) is 16.8. The van der Waals surface area contributed by atoms with Crippen molar-refractivity contribution >= 4 is 11.7 Å². The van der Waals surface area contributed by atoms with Crippen molar-refractivity contribution in [3.63, 3.8) is 0 Å². The molecule has 39 heavy (non-hydrogen) atoms. The average Bonchev–Trinajstić information content (AvgIpc) is 3.17. The lowest BCUT2D eigenvalue weighted by atomic mass is 10.1. The topological polar surface area (TPSA) is 114 Å². The number of carbonyl (C=O) groups is 1. The Morgan fingerprint density at radius 2 is 1.28 bits per heavy atom. The van der Waals surface area contributed by atoms with E-state index in [4.69, 9.17) is 4.74 Å². The van der Waals surface area contributed by atoms with Crippen molar-refractivity contribution in [1.82, 2.24) is 9.55 Å². The zero-order valence-corrected chi connectivity index (χ0v) is 20.5. The van der Waals surface area contributed by atoms with Crippen LogP contribution in [0.4, 0.5) is 5.82 Å². The molecular weight excluding hydrogens is 494 g/mol. The Hall–Kier alpha value is -6.17. The maximum absolute atomic E-state index is 12.2. The Labute approximate surface area is 225 Å². The summed E-state index contributed by atoms with van der Waals surface area (Å²) in [6.07, 6.45) is -2.91. The second-order valence-corrected chi connectivity index (χ2v) is 6.79. The average molecular weight is 509 g/mol. The van der Waals surface area contributed by atoms with E-state index in [1.54, 1.807) is 13.8 Å². The summed E-state index contributed by atoms with van der Waals surface area (Å²) in [5.41, 5.74) is -0.793. The molecule has 1 saturated heterocycles. The molecule has 1 aliphatic heterocycles. The highest BCUT2D eigenvalue weighted by atomic mass is 16.6. The number of hydrogen-bond donors (Lipinski definition) is 3. The first-order chi connectivity index (χ1) is 18.9. The third-order valence-corrected chi connectivity index (χ3v) is 4.19. The van der Waals surface area contributed by atoms with Crippen LogP contribution < -0.4 is 11.0 Å². The van der Waals surface area contributed by atoms with Crippen LogP contribution in [0.5, 0.6) is 0 Å². The molecule has 0 aliphatic carbocycles. The second kappa shape index (κ2) is 16.5. The van der Waals surface area contributed by atoms with Gasteiger partial charge in [-0.2, -0.15) is 4.98 Å². The molecule has 2 heterocycles. The smallest absolute Gasteiger partial charge is 0.351 e. The third kappa shape index (κ3) is 10.5. The van der Waals surface area contributed by atoms with Gasteiger partial charge in [0, 0.05) is 24.0 Å². The van der Waals surface area contributed by atoms with Gasteiger partial charge < -0.3 is 14.9 Å². The first kappa shape index (κ1) is 29.1. The van der Waals surface area contributed by atoms with Crippen LogP contribution in [0.15, 0.2) is 17.1 Å². The number of hydrogen-bond acceptors (Lipinski definition) is 6. The summed E-state index contributed by atoms with van der Waals surface area (Å²) in [6.45, 7) is 3.24. The van der Waals surface area contributed by atoms with Gasteiger partial charge in [-0.15, -0.1) is 0 Å². The van der Waals surface area contributed by atoms with E-state index >= 15 is 0 Å². The van der Waals surface area contributed by atoms with E-state index in [9.17, 15) is 19.8 Å². The lowest BCUT2D eigenvalue weighted by Gasteiger charge is -2.17. The summed E-state index contributed by atoms with van der Waals surface area (Å²) in [7, 11) is 0. The molecule has 1 aromatic rings. The minimum absolute atomic E-state index is 0.0606. The first-order valence-electron chi connectivity index (χ1n) is 10.8. The van der Waals surface area contributed by atoms with Gasteiger partial charge in [0.05, 0.1) is 6.10 Å². The molecule has 1 aliphatic rings. The summed E-state index contributed by atoms with van der Waals surface area (Å²) in [6, 6.07) is 1.32. The van der Waals surface area contributed by atoms with Crippen molar-refractivity contribution in [2.45, 2.75) is 38.4 Å². The van der Waals surface area contributed by atoms with Gasteiger partial charge in [0.15, 0.2) is 6.23 Å². The van der Waals surface area contributed by atoms with Crippen molar-refractivity contribution in [2.24, 2.45) is 0 Å². The number of aliphatic hydroxyl groups is 2. The maximum Gasteiger partial charge on any atom is 0.351 e. The maximum atomic E-state index is 12.2. The molecule has 0 bridgehead atoms. The molecule has 0 aromatic carbocycles. The van der Waals surface area contributed by atoms with Gasteiger partial charge in [0.1, 0.15) is 18.0 Å². The molecule has 1 fully saturated rings. The Morgan fingerprint density at radius 1 is 0.821 bits per heavy atom. The molecule has 0 unspecified atom stereocenters. The number of nitrogens with one attached hydrogen (secondary N) is 1. The largest absolute Gasteiger partial charge is 0.388 e. The molecule has 1 amide bonds. The number of ether oxygens (including phenoxy) is 1. The minimum atomic E-state index is -1.30. The van der Waals surface area contributed by atoms with Crippen LogP contribution in [-0.2, 0) is 9.53 Å². The predicted octanol–water partition coefficient (Wildman–Crippen LogP) is -1.13. The fourth-order valence-corrected chi connectivity index (χ4v) is 2.53. The second-order valence-electron chi connectivity index (χ2n) is 6.79. The van der Waals surface area contributed by atoms with Crippen molar-refractivity contribution < 1.29 is 19.7 Å². The third-order valence-electron chi connectivity index (χ3n) is 4.19. The van der Waals surface area contributed by atoms with E-state index in [1.807, 2.05) is 0 Å². The van der Waals surface area contributed by atoms with Crippen LogP contribution in [0, 0.1) is 118 Å². The Balaban J connectivity index is 1.83. The Morgan fingerprint density at radius 3 is 1.69 bits per heavy atom. The van der Waals surface area contributed by atoms with E-state index in [-0.39, 0.29) is 5.82 Å². The zero-order valence-electron chi connectivity index (χ0n) is 20.5. The number of nitrogens with zero attached hydrogens (tertiary/aromatic N) is 2. The van der Waals surface area contributed by atoms with E-state index in [0.717, 1.165) is 4.57 Å². The predicted molar refractivity (Wildman–Crippen MR) is 142 cm³/mol. The standard InChI is InChI=1S/C31H15N3O5/c1-3-4-5-6-7-8-9-10-11-12-13-14-15-16-17-18-19-20-21-22-27(35)32-26-23-24-34(31(38)33-26)30-29(37)28(36)25(2)39-30/h23-25,28-30,36-37H,1-2H3,(H,32,33,35,38)/t25-,28-,29+,30-/m1/s1. The van der Waals surface area contributed by atoms with Crippen LogP contribution in [0.25, 0.3) is 0 Å². The molecule has 4 atom stereocenters. The van der Waals surface area contributed by atoms with E-state index in [1.165, 1.54) is 12.3 Å². The molecule has 0 radical (unpaired) electrons. The van der Waals surface area contributed by atoms with Crippen molar-refractivity contribution in [2.75, 3.05) is 5.32 Å². The molecule has 1 aromatic heterocycles. The SMILES string of the molecule is CC#CC#CC#CC#CC#CC#CC#CC#CC#CC#CC(=O)Nc1ccn([C@@H]2O[C@H](C)[C@@H](O)[C@@H]2O)c(=O)n1. The van der Waals surface area contributed by atoms with Crippen LogP contribution in [0.3, 0.4) is 0 Å². The molecule has 2 rings (SSSR count). The van der Waals surface area contributed by atoms with Crippen LogP contribution >= 0.6 is 0 Å². The number of amides is 1. The number of anilines is 1. The quantitative estimate of drug-likeness (QED) is 0.436. The summed E-state index contributed by atoms with van der Waals surface area (Å²) in [5.74, 6) is 48.2. The summed E-state index contributed by atoms with van der Waals surface area (Å²) in [4.78, 5) is 27.8. The highest BCUT2D eigenvalue weighted by Crippen LogP contribution is 2.27.